The van der Waals surface area contributed by atoms with Crippen molar-refractivity contribution >= 4 is 35.1 Å². The number of benzene rings is 1. The number of aromatic nitrogens is 2. The van der Waals surface area contributed by atoms with Crippen molar-refractivity contribution in [3.05, 3.63) is 42.2 Å². The van der Waals surface area contributed by atoms with Crippen LogP contribution in [0.25, 0.3) is 0 Å². The minimum Gasteiger partial charge on any atom is -0.465 e. The number of rotatable bonds is 6. The van der Waals surface area contributed by atoms with Crippen LogP contribution < -0.4 is 10.2 Å². The third kappa shape index (κ3) is 5.91. The van der Waals surface area contributed by atoms with Crippen LogP contribution >= 0.6 is 11.8 Å². The molecular formula is C20H24N4O4S. The van der Waals surface area contributed by atoms with Crippen molar-refractivity contribution in [3.63, 3.8) is 0 Å². The number of thioether (sulfide) groups is 1. The summed E-state index contributed by atoms with van der Waals surface area (Å²) < 4.78 is 10.4. The summed E-state index contributed by atoms with van der Waals surface area (Å²) in [6.07, 6.45) is 1.80. The molecule has 2 atom stereocenters. The molecular weight excluding hydrogens is 392 g/mol. The Morgan fingerprint density at radius 1 is 1.21 bits per heavy atom. The maximum absolute atomic E-state index is 12.2. The lowest BCUT2D eigenvalue weighted by Crippen LogP contribution is -2.45. The van der Waals surface area contributed by atoms with Crippen LogP contribution in [0.1, 0.15) is 24.2 Å². The number of carbonyl (C=O) groups is 2. The van der Waals surface area contributed by atoms with Gasteiger partial charge in [-0.1, -0.05) is 11.8 Å². The predicted octanol–water partition coefficient (Wildman–Crippen LogP) is 2.61. The van der Waals surface area contributed by atoms with Crippen molar-refractivity contribution in [2.75, 3.05) is 36.2 Å². The largest absolute Gasteiger partial charge is 0.465 e. The van der Waals surface area contributed by atoms with Crippen LogP contribution in [-0.2, 0) is 14.3 Å². The second kappa shape index (κ2) is 9.71. The summed E-state index contributed by atoms with van der Waals surface area (Å²) in [5.74, 6) is 0.477. The van der Waals surface area contributed by atoms with Gasteiger partial charge in [-0.15, -0.1) is 0 Å². The zero-order chi connectivity index (χ0) is 20.8. The van der Waals surface area contributed by atoms with Gasteiger partial charge >= 0.3 is 5.97 Å². The van der Waals surface area contributed by atoms with Gasteiger partial charge in [0.15, 0.2) is 0 Å². The van der Waals surface area contributed by atoms with Crippen LogP contribution in [0.5, 0.6) is 0 Å². The van der Waals surface area contributed by atoms with E-state index in [-0.39, 0.29) is 23.9 Å². The van der Waals surface area contributed by atoms with Gasteiger partial charge in [0.05, 0.1) is 30.6 Å². The Balaban J connectivity index is 1.54. The first-order chi connectivity index (χ1) is 13.9. The van der Waals surface area contributed by atoms with Gasteiger partial charge < -0.3 is 19.7 Å². The number of hydrogen-bond acceptors (Lipinski definition) is 8. The van der Waals surface area contributed by atoms with Crippen molar-refractivity contribution < 1.29 is 19.1 Å². The number of methoxy groups -OCH3 is 1. The van der Waals surface area contributed by atoms with Gasteiger partial charge in [-0.05, 0) is 38.1 Å². The van der Waals surface area contributed by atoms with Crippen molar-refractivity contribution in [1.29, 1.82) is 0 Å². The van der Waals surface area contributed by atoms with Gasteiger partial charge in [0.1, 0.15) is 17.2 Å². The first kappa shape index (κ1) is 21.1. The Morgan fingerprint density at radius 2 is 1.90 bits per heavy atom. The summed E-state index contributed by atoms with van der Waals surface area (Å²) in [7, 11) is 1.33. The molecule has 154 valence electrons. The quantitative estimate of drug-likeness (QED) is 0.436. The molecule has 1 aromatic carbocycles. The van der Waals surface area contributed by atoms with E-state index in [1.807, 2.05) is 19.9 Å². The number of carbonyl (C=O) groups excluding carboxylic acids is 2. The maximum Gasteiger partial charge on any atom is 0.337 e. The Morgan fingerprint density at radius 3 is 2.55 bits per heavy atom. The fourth-order valence-electron chi connectivity index (χ4n) is 3.09. The highest BCUT2D eigenvalue weighted by atomic mass is 32.2. The zero-order valence-electron chi connectivity index (χ0n) is 16.6. The Labute approximate surface area is 174 Å². The normalized spacial score (nSPS) is 18.9. The highest BCUT2D eigenvalue weighted by Crippen LogP contribution is 2.23. The fourth-order valence-corrected chi connectivity index (χ4v) is 3.75. The molecule has 0 saturated carbocycles. The van der Waals surface area contributed by atoms with E-state index in [2.05, 4.69) is 24.9 Å². The van der Waals surface area contributed by atoms with Crippen LogP contribution in [0.2, 0.25) is 0 Å². The first-order valence-electron chi connectivity index (χ1n) is 9.28. The van der Waals surface area contributed by atoms with E-state index in [9.17, 15) is 9.59 Å². The molecule has 8 nitrogen and oxygen atoms in total. The van der Waals surface area contributed by atoms with E-state index in [1.165, 1.54) is 25.2 Å². The van der Waals surface area contributed by atoms with Gasteiger partial charge in [0.2, 0.25) is 5.91 Å². The number of morpholine rings is 1. The fraction of sp³-hybridized carbons (Fsp3) is 0.400. The van der Waals surface area contributed by atoms with Crippen molar-refractivity contribution in [2.24, 2.45) is 0 Å². The van der Waals surface area contributed by atoms with E-state index in [0.717, 1.165) is 23.9 Å². The summed E-state index contributed by atoms with van der Waals surface area (Å²) in [6.45, 7) is 5.63. The second-order valence-electron chi connectivity index (χ2n) is 6.78. The number of nitrogens with one attached hydrogen (secondary N) is 1. The van der Waals surface area contributed by atoms with Crippen LogP contribution in [0.3, 0.4) is 0 Å². The lowest BCUT2D eigenvalue weighted by atomic mass is 10.2. The average molecular weight is 417 g/mol. The summed E-state index contributed by atoms with van der Waals surface area (Å²) in [6, 6.07) is 8.44. The van der Waals surface area contributed by atoms with Crippen LogP contribution in [0.4, 0.5) is 11.5 Å². The molecule has 1 aromatic heterocycles. The van der Waals surface area contributed by atoms with Gasteiger partial charge in [-0.25, -0.2) is 14.8 Å². The van der Waals surface area contributed by atoms with E-state index in [4.69, 9.17) is 4.74 Å². The molecule has 2 aromatic rings. The van der Waals surface area contributed by atoms with Crippen LogP contribution in [0, 0.1) is 0 Å². The number of amides is 1. The van der Waals surface area contributed by atoms with Crippen molar-refractivity contribution in [1.82, 2.24) is 9.97 Å². The minimum absolute atomic E-state index is 0.140. The molecule has 29 heavy (non-hydrogen) atoms. The lowest BCUT2D eigenvalue weighted by molar-refractivity contribution is -0.113. The number of esters is 1. The van der Waals surface area contributed by atoms with Crippen molar-refractivity contribution in [2.45, 2.75) is 31.1 Å². The molecule has 1 amide bonds. The monoisotopic (exact) mass is 416 g/mol. The zero-order valence-corrected chi connectivity index (χ0v) is 17.4. The molecule has 1 aliphatic heterocycles. The predicted molar refractivity (Wildman–Crippen MR) is 111 cm³/mol. The lowest BCUT2D eigenvalue weighted by Gasteiger charge is -2.36. The standard InChI is InChI=1S/C20H24N4O4S/c1-13-9-24(10-14(2)28-13)17-8-19(22-12-21-17)29-11-18(25)23-16-6-4-15(5-7-16)20(26)27-3/h4-8,12-14H,9-11H2,1-3H3,(H,23,25). The maximum atomic E-state index is 12.2. The van der Waals surface area contributed by atoms with E-state index in [0.29, 0.717) is 11.3 Å². The molecule has 1 N–H and O–H groups in total. The minimum atomic E-state index is -0.415. The molecule has 9 heteroatoms. The molecule has 2 heterocycles. The molecule has 1 aliphatic rings. The number of ether oxygens (including phenoxy) is 2. The highest BCUT2D eigenvalue weighted by molar-refractivity contribution is 7.99. The molecule has 3 rings (SSSR count). The Bertz CT molecular complexity index is 852. The first-order valence-corrected chi connectivity index (χ1v) is 10.3. The van der Waals surface area contributed by atoms with Crippen LogP contribution in [-0.4, -0.2) is 60.0 Å². The topological polar surface area (TPSA) is 93.7 Å². The molecule has 2 unspecified atom stereocenters. The Hall–Kier alpha value is -2.65. The van der Waals surface area contributed by atoms with Gasteiger partial charge in [-0.3, -0.25) is 4.79 Å². The summed E-state index contributed by atoms with van der Waals surface area (Å²) in [5, 5.41) is 3.54. The smallest absolute Gasteiger partial charge is 0.337 e. The number of anilines is 2. The molecule has 0 spiro atoms. The van der Waals surface area contributed by atoms with E-state index < -0.39 is 5.97 Å². The molecule has 0 aliphatic carbocycles. The third-order valence-corrected chi connectivity index (χ3v) is 5.24. The second-order valence-corrected chi connectivity index (χ2v) is 7.78. The van der Waals surface area contributed by atoms with E-state index >= 15 is 0 Å². The highest BCUT2D eigenvalue weighted by Gasteiger charge is 2.23. The van der Waals surface area contributed by atoms with Gasteiger partial charge in [0.25, 0.3) is 0 Å². The third-order valence-electron chi connectivity index (χ3n) is 4.31. The van der Waals surface area contributed by atoms with Gasteiger partial charge in [-0.2, -0.15) is 0 Å². The summed E-state index contributed by atoms with van der Waals surface area (Å²) in [5.41, 5.74) is 1.04. The molecule has 1 fully saturated rings. The van der Waals surface area contributed by atoms with Gasteiger partial charge in [0, 0.05) is 24.8 Å². The van der Waals surface area contributed by atoms with E-state index in [1.54, 1.807) is 24.3 Å². The van der Waals surface area contributed by atoms with Crippen LogP contribution in [0.15, 0.2) is 41.7 Å². The average Bonchev–Trinajstić information content (AvgIpc) is 2.72. The molecule has 1 saturated heterocycles. The molecule has 0 radical (unpaired) electrons. The number of nitrogens with zero attached hydrogens (tertiary/aromatic N) is 3. The Kier molecular flexibility index (Phi) is 7.05. The summed E-state index contributed by atoms with van der Waals surface area (Å²) in [4.78, 5) is 34.5. The van der Waals surface area contributed by atoms with Crippen molar-refractivity contribution in [3.8, 4) is 0 Å². The number of hydrogen-bond donors (Lipinski definition) is 1. The summed E-state index contributed by atoms with van der Waals surface area (Å²) >= 11 is 1.34. The molecule has 0 bridgehead atoms. The SMILES string of the molecule is COC(=O)c1ccc(NC(=O)CSc2cc(N3CC(C)OC(C)C3)ncn2)cc1.